The molecule has 3 heterocycles. The number of carboxylic acid groups (broad SMARTS) is 1. The normalized spacial score (nSPS) is 11.3. The molecule has 0 saturated carbocycles. The molecule has 0 aliphatic rings. The number of halogens is 1. The molecule has 0 atom stereocenters. The Labute approximate surface area is 261 Å². The van der Waals surface area contributed by atoms with Gasteiger partial charge in [0, 0.05) is 39.8 Å². The van der Waals surface area contributed by atoms with Crippen LogP contribution in [0.1, 0.15) is 73.8 Å². The Kier molecular flexibility index (Phi) is 8.87. The molecular formula is C34H37ClN4O5. The zero-order valence-electron chi connectivity index (χ0n) is 25.9. The minimum atomic E-state index is -1.13. The number of aromatic nitrogens is 3. The van der Waals surface area contributed by atoms with Crippen LogP contribution < -0.4 is 10.1 Å². The summed E-state index contributed by atoms with van der Waals surface area (Å²) in [6.07, 6.45) is 1.77. The van der Waals surface area contributed by atoms with E-state index in [2.05, 4.69) is 15.4 Å². The predicted molar refractivity (Wildman–Crippen MR) is 171 cm³/mol. The highest BCUT2D eigenvalue weighted by molar-refractivity contribution is 6.32. The summed E-state index contributed by atoms with van der Waals surface area (Å²) in [6.45, 7) is 10.3. The van der Waals surface area contributed by atoms with E-state index in [0.29, 0.717) is 42.9 Å². The molecule has 0 fully saturated rings. The van der Waals surface area contributed by atoms with Gasteiger partial charge in [-0.05, 0) is 81.8 Å². The number of benzene rings is 2. The van der Waals surface area contributed by atoms with E-state index < -0.39 is 5.97 Å². The Morgan fingerprint density at radius 3 is 2.48 bits per heavy atom. The van der Waals surface area contributed by atoms with Crippen molar-refractivity contribution in [1.29, 1.82) is 0 Å². The molecule has 0 radical (unpaired) electrons. The van der Waals surface area contributed by atoms with Crippen LogP contribution in [0.3, 0.4) is 0 Å². The number of rotatable bonds is 11. The van der Waals surface area contributed by atoms with Gasteiger partial charge >= 0.3 is 5.97 Å². The summed E-state index contributed by atoms with van der Waals surface area (Å²) in [5, 5.41) is 18.7. The Hall–Kier alpha value is -4.50. The monoisotopic (exact) mass is 616 g/mol. The molecule has 1 amide bonds. The van der Waals surface area contributed by atoms with E-state index in [1.165, 1.54) is 0 Å². The number of H-pyrrole nitrogens is 1. The maximum absolute atomic E-state index is 13.7. The highest BCUT2D eigenvalue weighted by Crippen LogP contribution is 2.36. The van der Waals surface area contributed by atoms with E-state index in [-0.39, 0.29) is 18.2 Å². The van der Waals surface area contributed by atoms with Gasteiger partial charge in [0.05, 0.1) is 24.4 Å². The van der Waals surface area contributed by atoms with Crippen LogP contribution in [0.5, 0.6) is 5.75 Å². The number of para-hydroxylation sites is 1. The van der Waals surface area contributed by atoms with Gasteiger partial charge in [-0.15, -0.1) is 0 Å². The van der Waals surface area contributed by atoms with Crippen molar-refractivity contribution in [1.82, 2.24) is 20.1 Å². The molecule has 44 heavy (non-hydrogen) atoms. The fourth-order valence-electron chi connectivity index (χ4n) is 5.80. The Balaban J connectivity index is 1.45. The SMILES string of the molecule is CCc1cc(CNC(=O)c2[nH]c3c(-c4c(C)nn(C)c4C)cccc3c2CCCOc2cc(C)c(Cl)c(C)c2)oc1C(=O)O. The third kappa shape index (κ3) is 5.97. The maximum atomic E-state index is 13.7. The largest absolute Gasteiger partial charge is 0.494 e. The van der Waals surface area contributed by atoms with Crippen LogP contribution in [-0.4, -0.2) is 38.4 Å². The lowest BCUT2D eigenvalue weighted by Gasteiger charge is -2.10. The van der Waals surface area contributed by atoms with Crippen molar-refractivity contribution < 1.29 is 23.8 Å². The van der Waals surface area contributed by atoms with Gasteiger partial charge in [-0.3, -0.25) is 9.48 Å². The van der Waals surface area contributed by atoms with Crippen molar-refractivity contribution in [2.45, 2.75) is 60.4 Å². The third-order valence-corrected chi connectivity index (χ3v) is 8.65. The number of nitrogens with zero attached hydrogens (tertiary/aromatic N) is 2. The van der Waals surface area contributed by atoms with E-state index in [9.17, 15) is 14.7 Å². The van der Waals surface area contributed by atoms with E-state index in [1.807, 2.05) is 76.7 Å². The smallest absolute Gasteiger partial charge is 0.372 e. The average molecular weight is 617 g/mol. The minimum Gasteiger partial charge on any atom is -0.494 e. The van der Waals surface area contributed by atoms with Crippen molar-refractivity contribution in [3.8, 4) is 16.9 Å². The van der Waals surface area contributed by atoms with Crippen molar-refractivity contribution in [3.63, 3.8) is 0 Å². The molecule has 0 aliphatic carbocycles. The molecule has 0 saturated heterocycles. The number of hydrogen-bond acceptors (Lipinski definition) is 5. The number of aryl methyl sites for hydroxylation is 6. The predicted octanol–water partition coefficient (Wildman–Crippen LogP) is 7.25. The van der Waals surface area contributed by atoms with Crippen LogP contribution in [0.2, 0.25) is 5.02 Å². The topological polar surface area (TPSA) is 122 Å². The number of aromatic amines is 1. The second-order valence-electron chi connectivity index (χ2n) is 11.1. The minimum absolute atomic E-state index is 0.0555. The first kappa shape index (κ1) is 30.9. The van der Waals surface area contributed by atoms with Gasteiger partial charge in [-0.25, -0.2) is 4.79 Å². The standard InChI is InChI=1S/C34H37ClN4O5/c1-7-22-16-24(44-32(22)34(41)42)17-36-33(40)31-26(12-9-13-43-23-14-18(2)29(35)19(3)15-23)25-10-8-11-27(30(25)37-31)28-20(4)38-39(6)21(28)5/h8,10-11,14-16,37H,7,9,12-13,17H2,1-6H3,(H,36,40)(H,41,42). The van der Waals surface area contributed by atoms with Crippen molar-refractivity contribution in [3.05, 3.63) is 92.3 Å². The van der Waals surface area contributed by atoms with Crippen LogP contribution in [0.15, 0.2) is 40.8 Å². The number of hydrogen-bond donors (Lipinski definition) is 3. The summed E-state index contributed by atoms with van der Waals surface area (Å²) in [5.41, 5.74) is 8.63. The van der Waals surface area contributed by atoms with Gasteiger partial charge in [0.15, 0.2) is 0 Å². The van der Waals surface area contributed by atoms with E-state index in [4.69, 9.17) is 20.8 Å². The molecule has 5 rings (SSSR count). The second-order valence-corrected chi connectivity index (χ2v) is 11.5. The first-order valence-electron chi connectivity index (χ1n) is 14.7. The quantitative estimate of drug-likeness (QED) is 0.134. The lowest BCUT2D eigenvalue weighted by molar-refractivity contribution is 0.0658. The summed E-state index contributed by atoms with van der Waals surface area (Å²) >= 11 is 6.32. The first-order chi connectivity index (χ1) is 21.0. The summed E-state index contributed by atoms with van der Waals surface area (Å²) in [4.78, 5) is 28.7. The van der Waals surface area contributed by atoms with Gasteiger partial charge < -0.3 is 24.6 Å². The number of furan rings is 1. The van der Waals surface area contributed by atoms with Gasteiger partial charge in [0.25, 0.3) is 5.91 Å². The number of carboxylic acids is 1. The summed E-state index contributed by atoms with van der Waals surface area (Å²) in [7, 11) is 1.92. The number of aromatic carboxylic acids is 1. The molecule has 0 spiro atoms. The summed E-state index contributed by atoms with van der Waals surface area (Å²) in [5.74, 6) is -0.387. The Morgan fingerprint density at radius 1 is 1.14 bits per heavy atom. The van der Waals surface area contributed by atoms with Crippen LogP contribution in [0.25, 0.3) is 22.0 Å². The van der Waals surface area contributed by atoms with Gasteiger partial charge in [-0.1, -0.05) is 36.7 Å². The van der Waals surface area contributed by atoms with E-state index >= 15 is 0 Å². The molecular weight excluding hydrogens is 580 g/mol. The molecule has 0 aliphatic heterocycles. The van der Waals surface area contributed by atoms with Crippen molar-refractivity contribution in [2.75, 3.05) is 6.61 Å². The zero-order chi connectivity index (χ0) is 31.7. The Morgan fingerprint density at radius 2 is 1.86 bits per heavy atom. The molecule has 9 nitrogen and oxygen atoms in total. The number of carbonyl (C=O) groups excluding carboxylic acids is 1. The fourth-order valence-corrected chi connectivity index (χ4v) is 5.91. The van der Waals surface area contributed by atoms with Crippen LogP contribution in [0.4, 0.5) is 0 Å². The molecule has 230 valence electrons. The van der Waals surface area contributed by atoms with Crippen molar-refractivity contribution >= 4 is 34.4 Å². The molecule has 10 heteroatoms. The van der Waals surface area contributed by atoms with Crippen molar-refractivity contribution in [2.24, 2.45) is 7.05 Å². The summed E-state index contributed by atoms with van der Waals surface area (Å²) in [6, 6.07) is 11.6. The van der Waals surface area contributed by atoms with Gasteiger partial charge in [0.2, 0.25) is 5.76 Å². The highest BCUT2D eigenvalue weighted by Gasteiger charge is 2.23. The lowest BCUT2D eigenvalue weighted by atomic mass is 9.98. The zero-order valence-corrected chi connectivity index (χ0v) is 26.6. The number of nitrogens with one attached hydrogen (secondary N) is 2. The van der Waals surface area contributed by atoms with Crippen LogP contribution >= 0.6 is 11.6 Å². The Bertz CT molecular complexity index is 1860. The molecule has 0 unspecified atom stereocenters. The second kappa shape index (κ2) is 12.6. The lowest BCUT2D eigenvalue weighted by Crippen LogP contribution is -2.24. The summed E-state index contributed by atoms with van der Waals surface area (Å²) < 4.78 is 13.5. The van der Waals surface area contributed by atoms with Gasteiger partial charge in [0.1, 0.15) is 17.2 Å². The number of ether oxygens (including phenoxy) is 1. The van der Waals surface area contributed by atoms with Crippen LogP contribution in [0, 0.1) is 27.7 Å². The molecule has 5 aromatic rings. The van der Waals surface area contributed by atoms with Gasteiger partial charge in [-0.2, -0.15) is 5.10 Å². The molecule has 3 aromatic heterocycles. The van der Waals surface area contributed by atoms with E-state index in [0.717, 1.165) is 60.9 Å². The average Bonchev–Trinajstić information content (AvgIpc) is 3.65. The molecule has 0 bridgehead atoms. The first-order valence-corrected chi connectivity index (χ1v) is 15.0. The maximum Gasteiger partial charge on any atom is 0.372 e. The van der Waals surface area contributed by atoms with Crippen LogP contribution in [-0.2, 0) is 26.4 Å². The fraction of sp³-hybridized carbons (Fsp3) is 0.324. The number of carbonyl (C=O) groups is 2. The molecule has 2 aromatic carbocycles. The molecule has 3 N–H and O–H groups in total. The third-order valence-electron chi connectivity index (χ3n) is 8.05. The number of amides is 1. The van der Waals surface area contributed by atoms with E-state index in [1.54, 1.807) is 6.07 Å². The number of fused-ring (bicyclic) bond motifs is 1. The highest BCUT2D eigenvalue weighted by atomic mass is 35.5.